The molecule has 0 saturated heterocycles. The van der Waals surface area contributed by atoms with Crippen LogP contribution in [-0.2, 0) is 7.05 Å². The monoisotopic (exact) mass is 434 g/mol. The Labute approximate surface area is 178 Å². The van der Waals surface area contributed by atoms with Crippen molar-refractivity contribution in [2.24, 2.45) is 7.05 Å². The highest BCUT2D eigenvalue weighted by atomic mass is 35.5. The number of carbonyl (C=O) groups excluding carboxylic acids is 1. The highest BCUT2D eigenvalue weighted by molar-refractivity contribution is 6.39. The van der Waals surface area contributed by atoms with Gasteiger partial charge in [0.2, 0.25) is 5.95 Å². The molecule has 1 aliphatic rings. The number of hydrogen-bond donors (Lipinski definition) is 2. The fraction of sp³-hybridized carbons (Fsp3) is 0.333. The number of nitrogens with zero attached hydrogens (tertiary/aromatic N) is 2. The lowest BCUT2D eigenvalue weighted by Crippen LogP contribution is -2.36. The maximum absolute atomic E-state index is 14.7. The van der Waals surface area contributed by atoms with Crippen LogP contribution in [0.25, 0.3) is 11.0 Å². The average Bonchev–Trinajstić information content (AvgIpc) is 3.00. The second-order valence-electron chi connectivity index (χ2n) is 7.35. The Morgan fingerprint density at radius 1 is 1.17 bits per heavy atom. The molecule has 3 aromatic rings. The molecule has 0 bridgehead atoms. The molecule has 4 rings (SSSR count). The van der Waals surface area contributed by atoms with Gasteiger partial charge >= 0.3 is 0 Å². The molecule has 1 fully saturated rings. The number of aryl methyl sites for hydroxylation is 1. The van der Waals surface area contributed by atoms with E-state index in [0.29, 0.717) is 32.7 Å². The summed E-state index contributed by atoms with van der Waals surface area (Å²) >= 11 is 12.4. The van der Waals surface area contributed by atoms with E-state index in [4.69, 9.17) is 23.2 Å². The van der Waals surface area contributed by atoms with Gasteiger partial charge in [-0.2, -0.15) is 0 Å². The zero-order chi connectivity index (χ0) is 20.5. The average molecular weight is 435 g/mol. The number of benzene rings is 2. The summed E-state index contributed by atoms with van der Waals surface area (Å²) in [5.74, 6) is -0.527. The summed E-state index contributed by atoms with van der Waals surface area (Å²) in [5, 5.41) is 6.94. The Hall–Kier alpha value is -2.31. The molecule has 0 unspecified atom stereocenters. The molecule has 5 nitrogen and oxygen atoms in total. The van der Waals surface area contributed by atoms with Crippen LogP contribution >= 0.6 is 23.2 Å². The molecule has 0 aliphatic heterocycles. The van der Waals surface area contributed by atoms with Crippen molar-refractivity contribution < 1.29 is 9.18 Å². The molecular formula is C21H21Cl2FN4O. The van der Waals surface area contributed by atoms with Gasteiger partial charge < -0.3 is 15.2 Å². The number of hydrogen-bond acceptors (Lipinski definition) is 3. The van der Waals surface area contributed by atoms with Crippen molar-refractivity contribution >= 4 is 51.8 Å². The molecule has 152 valence electrons. The molecular weight excluding hydrogens is 414 g/mol. The Morgan fingerprint density at radius 2 is 1.86 bits per heavy atom. The van der Waals surface area contributed by atoms with Crippen molar-refractivity contribution in [3.05, 3.63) is 51.8 Å². The van der Waals surface area contributed by atoms with Crippen LogP contribution in [0.15, 0.2) is 30.3 Å². The van der Waals surface area contributed by atoms with Gasteiger partial charge in [-0.05, 0) is 31.0 Å². The van der Waals surface area contributed by atoms with E-state index >= 15 is 0 Å². The van der Waals surface area contributed by atoms with Gasteiger partial charge in [0.05, 0.1) is 32.3 Å². The number of carbonyl (C=O) groups is 1. The van der Waals surface area contributed by atoms with Gasteiger partial charge in [0.1, 0.15) is 5.82 Å². The van der Waals surface area contributed by atoms with E-state index in [-0.39, 0.29) is 11.6 Å². The van der Waals surface area contributed by atoms with Crippen LogP contribution in [-0.4, -0.2) is 21.5 Å². The first-order valence-electron chi connectivity index (χ1n) is 9.62. The third-order valence-electron chi connectivity index (χ3n) is 5.35. The van der Waals surface area contributed by atoms with E-state index in [9.17, 15) is 9.18 Å². The lowest BCUT2D eigenvalue weighted by molar-refractivity contribution is 0.0924. The van der Waals surface area contributed by atoms with Crippen LogP contribution in [0.3, 0.4) is 0 Å². The zero-order valence-electron chi connectivity index (χ0n) is 15.9. The largest absolute Gasteiger partial charge is 0.349 e. The van der Waals surface area contributed by atoms with Gasteiger partial charge in [0.15, 0.2) is 0 Å². The van der Waals surface area contributed by atoms with Gasteiger partial charge in [0.25, 0.3) is 5.91 Å². The topological polar surface area (TPSA) is 59.0 Å². The van der Waals surface area contributed by atoms with Gasteiger partial charge in [0, 0.05) is 19.2 Å². The minimum Gasteiger partial charge on any atom is -0.349 e. The number of aromatic nitrogens is 2. The lowest BCUT2D eigenvalue weighted by Gasteiger charge is -2.22. The van der Waals surface area contributed by atoms with Crippen molar-refractivity contribution in [2.75, 3.05) is 5.32 Å². The van der Waals surface area contributed by atoms with Crippen molar-refractivity contribution in [3.8, 4) is 0 Å². The van der Waals surface area contributed by atoms with Crippen LogP contribution in [0.1, 0.15) is 42.5 Å². The Bertz CT molecular complexity index is 1060. The molecule has 1 heterocycles. The molecule has 8 heteroatoms. The van der Waals surface area contributed by atoms with Gasteiger partial charge in [-0.25, -0.2) is 9.37 Å². The summed E-state index contributed by atoms with van der Waals surface area (Å²) in [5.41, 5.74) is 1.59. The molecule has 1 aromatic heterocycles. The van der Waals surface area contributed by atoms with Crippen LogP contribution in [0, 0.1) is 5.82 Å². The minimum absolute atomic E-state index is 0.00324. The Balaban J connectivity index is 1.64. The summed E-state index contributed by atoms with van der Waals surface area (Å²) in [7, 11) is 1.75. The lowest BCUT2D eigenvalue weighted by atomic mass is 9.95. The highest BCUT2D eigenvalue weighted by Gasteiger charge is 2.21. The summed E-state index contributed by atoms with van der Waals surface area (Å²) in [4.78, 5) is 17.1. The third-order valence-corrected chi connectivity index (χ3v) is 5.98. The smallest absolute Gasteiger partial charge is 0.254 e. The summed E-state index contributed by atoms with van der Waals surface area (Å²) in [6.45, 7) is 0. The molecule has 1 aliphatic carbocycles. The summed E-state index contributed by atoms with van der Waals surface area (Å²) in [6, 6.07) is 8.10. The second-order valence-corrected chi connectivity index (χ2v) is 8.16. The highest BCUT2D eigenvalue weighted by Crippen LogP contribution is 2.33. The van der Waals surface area contributed by atoms with E-state index < -0.39 is 11.7 Å². The maximum Gasteiger partial charge on any atom is 0.254 e. The molecule has 0 spiro atoms. The van der Waals surface area contributed by atoms with Gasteiger partial charge in [-0.15, -0.1) is 0 Å². The minimum atomic E-state index is -0.573. The fourth-order valence-electron chi connectivity index (χ4n) is 3.74. The molecule has 29 heavy (non-hydrogen) atoms. The summed E-state index contributed by atoms with van der Waals surface area (Å²) in [6.07, 6.45) is 5.24. The number of nitrogens with one attached hydrogen (secondary N) is 2. The predicted octanol–water partition coefficient (Wildman–Crippen LogP) is 5.83. The third kappa shape index (κ3) is 4.05. The summed E-state index contributed by atoms with van der Waals surface area (Å²) < 4.78 is 16.4. The van der Waals surface area contributed by atoms with E-state index in [1.807, 2.05) is 0 Å². The van der Waals surface area contributed by atoms with Crippen LogP contribution in [0.2, 0.25) is 10.0 Å². The number of para-hydroxylation sites is 1. The zero-order valence-corrected chi connectivity index (χ0v) is 17.4. The first-order valence-corrected chi connectivity index (χ1v) is 10.4. The van der Waals surface area contributed by atoms with Crippen molar-refractivity contribution in [2.45, 2.75) is 38.1 Å². The first-order chi connectivity index (χ1) is 13.9. The van der Waals surface area contributed by atoms with Crippen LogP contribution in [0.4, 0.5) is 16.0 Å². The molecule has 0 radical (unpaired) electrons. The van der Waals surface area contributed by atoms with Crippen molar-refractivity contribution in [1.29, 1.82) is 0 Å². The fourth-order valence-corrected chi connectivity index (χ4v) is 4.23. The standard InChI is InChI=1S/C21H21Cl2FN4O/c1-28-18-11-16(24)13(20(29)25-12-6-3-2-4-7-12)10-17(18)26-21(28)27-19-14(22)8-5-9-15(19)23/h5,8-12H,2-4,6-7H2,1H3,(H,25,29)(H,26,27). The molecule has 2 aromatic carbocycles. The molecule has 0 atom stereocenters. The Morgan fingerprint density at radius 3 is 2.55 bits per heavy atom. The van der Waals surface area contributed by atoms with E-state index in [2.05, 4.69) is 15.6 Å². The van der Waals surface area contributed by atoms with E-state index in [1.54, 1.807) is 29.8 Å². The first kappa shape index (κ1) is 20.0. The number of fused-ring (bicyclic) bond motifs is 1. The number of rotatable bonds is 4. The van der Waals surface area contributed by atoms with Crippen LogP contribution in [0.5, 0.6) is 0 Å². The SMILES string of the molecule is Cn1c(Nc2c(Cl)cccc2Cl)nc2cc(C(=O)NC3CCCCC3)c(F)cc21. The normalized spacial score (nSPS) is 14.9. The van der Waals surface area contributed by atoms with Gasteiger partial charge in [-0.3, -0.25) is 4.79 Å². The molecule has 1 saturated carbocycles. The number of amides is 1. The maximum atomic E-state index is 14.7. The number of imidazole rings is 1. The van der Waals surface area contributed by atoms with E-state index in [1.165, 1.54) is 18.6 Å². The number of halogens is 3. The molecule has 2 N–H and O–H groups in total. The predicted molar refractivity (Wildman–Crippen MR) is 115 cm³/mol. The van der Waals surface area contributed by atoms with Gasteiger partial charge in [-0.1, -0.05) is 48.5 Å². The quantitative estimate of drug-likeness (QED) is 0.543. The van der Waals surface area contributed by atoms with Crippen molar-refractivity contribution in [1.82, 2.24) is 14.9 Å². The van der Waals surface area contributed by atoms with Crippen LogP contribution < -0.4 is 10.6 Å². The Kier molecular flexibility index (Phi) is 5.65. The molecule has 1 amide bonds. The number of anilines is 2. The van der Waals surface area contributed by atoms with E-state index in [0.717, 1.165) is 25.7 Å². The second kappa shape index (κ2) is 8.20. The van der Waals surface area contributed by atoms with Crippen molar-refractivity contribution in [3.63, 3.8) is 0 Å².